The van der Waals surface area contributed by atoms with E-state index >= 15 is 0 Å². The Hall–Kier alpha value is -2.73. The van der Waals surface area contributed by atoms with E-state index in [0.717, 1.165) is 18.4 Å². The smallest absolute Gasteiger partial charge is 0.254 e. The first-order chi connectivity index (χ1) is 13.6. The van der Waals surface area contributed by atoms with Crippen molar-refractivity contribution >= 4 is 33.4 Å². The summed E-state index contributed by atoms with van der Waals surface area (Å²) in [4.78, 5) is 33.2. The molecule has 6 heteroatoms. The van der Waals surface area contributed by atoms with Gasteiger partial charge in [-0.1, -0.05) is 30.3 Å². The van der Waals surface area contributed by atoms with Crippen molar-refractivity contribution in [2.24, 2.45) is 0 Å². The van der Waals surface area contributed by atoms with Crippen LogP contribution in [0.25, 0.3) is 10.2 Å². The minimum Gasteiger partial charge on any atom is -0.341 e. The molecule has 0 spiro atoms. The van der Waals surface area contributed by atoms with Gasteiger partial charge in [0, 0.05) is 31.6 Å². The van der Waals surface area contributed by atoms with E-state index in [1.807, 2.05) is 41.3 Å². The number of aromatic nitrogens is 1. The second kappa shape index (κ2) is 8.10. The van der Waals surface area contributed by atoms with Crippen molar-refractivity contribution in [2.45, 2.75) is 18.8 Å². The number of carbonyl (C=O) groups is 2. The molecule has 1 aliphatic rings. The second-order valence-corrected chi connectivity index (χ2v) is 8.26. The average Bonchev–Trinajstić information content (AvgIpc) is 3.18. The van der Waals surface area contributed by atoms with Crippen LogP contribution in [0.1, 0.15) is 34.1 Å². The highest BCUT2D eigenvalue weighted by Crippen LogP contribution is 2.33. The fraction of sp³-hybridized carbons (Fsp3) is 0.318. The Morgan fingerprint density at radius 3 is 2.46 bits per heavy atom. The highest BCUT2D eigenvalue weighted by molar-refractivity contribution is 7.18. The molecule has 0 radical (unpaired) electrons. The minimum atomic E-state index is -0.127. The van der Waals surface area contributed by atoms with E-state index < -0.39 is 0 Å². The lowest BCUT2D eigenvalue weighted by molar-refractivity contribution is -0.132. The first kappa shape index (κ1) is 18.6. The van der Waals surface area contributed by atoms with E-state index in [0.29, 0.717) is 24.6 Å². The molecule has 2 aromatic carbocycles. The number of thiazole rings is 1. The third-order valence-electron chi connectivity index (χ3n) is 5.25. The lowest BCUT2D eigenvalue weighted by atomic mass is 9.97. The number of para-hydroxylation sites is 1. The Morgan fingerprint density at radius 1 is 1.07 bits per heavy atom. The molecular formula is C22H23N3O2S. The number of likely N-dealkylation sites (tertiary alicyclic amines) is 1. The molecule has 2 amide bonds. The van der Waals surface area contributed by atoms with Crippen LogP contribution in [0.3, 0.4) is 0 Å². The van der Waals surface area contributed by atoms with Gasteiger partial charge < -0.3 is 9.80 Å². The van der Waals surface area contributed by atoms with Crippen LogP contribution in [0.2, 0.25) is 0 Å². The SMILES string of the molecule is CN(CC(=O)N1CCC(c2nc3ccccc3s2)CC1)C(=O)c1ccccc1. The van der Waals surface area contributed by atoms with Crippen LogP contribution in [0.5, 0.6) is 0 Å². The van der Waals surface area contributed by atoms with Gasteiger partial charge in [-0.3, -0.25) is 9.59 Å². The van der Waals surface area contributed by atoms with Crippen molar-refractivity contribution in [3.05, 3.63) is 65.2 Å². The van der Waals surface area contributed by atoms with E-state index in [4.69, 9.17) is 4.98 Å². The van der Waals surface area contributed by atoms with Gasteiger partial charge in [0.05, 0.1) is 21.8 Å². The molecule has 1 aliphatic heterocycles. The third kappa shape index (κ3) is 3.92. The van der Waals surface area contributed by atoms with Crippen molar-refractivity contribution in [3.8, 4) is 0 Å². The predicted octanol–water partition coefficient (Wildman–Crippen LogP) is 3.77. The molecule has 1 fully saturated rings. The zero-order valence-corrected chi connectivity index (χ0v) is 16.7. The molecule has 4 rings (SSSR count). The number of likely N-dealkylation sites (N-methyl/N-ethyl adjacent to an activating group) is 1. The van der Waals surface area contributed by atoms with Gasteiger partial charge in [0.1, 0.15) is 0 Å². The number of rotatable bonds is 4. The van der Waals surface area contributed by atoms with Crippen LogP contribution >= 0.6 is 11.3 Å². The number of fused-ring (bicyclic) bond motifs is 1. The Labute approximate surface area is 168 Å². The zero-order chi connectivity index (χ0) is 19.5. The number of nitrogens with zero attached hydrogens (tertiary/aromatic N) is 3. The summed E-state index contributed by atoms with van der Waals surface area (Å²) in [5.74, 6) is 0.290. The van der Waals surface area contributed by atoms with Crippen LogP contribution < -0.4 is 0 Å². The number of benzene rings is 2. The molecule has 28 heavy (non-hydrogen) atoms. The van der Waals surface area contributed by atoms with Crippen LogP contribution in [0, 0.1) is 0 Å². The molecule has 0 N–H and O–H groups in total. The molecule has 5 nitrogen and oxygen atoms in total. The number of carbonyl (C=O) groups excluding carboxylic acids is 2. The maximum Gasteiger partial charge on any atom is 0.254 e. The Morgan fingerprint density at radius 2 is 1.75 bits per heavy atom. The topological polar surface area (TPSA) is 53.5 Å². The van der Waals surface area contributed by atoms with Gasteiger partial charge in [0.2, 0.25) is 5.91 Å². The molecule has 0 atom stereocenters. The average molecular weight is 394 g/mol. The maximum atomic E-state index is 12.6. The van der Waals surface area contributed by atoms with Gasteiger partial charge in [-0.2, -0.15) is 0 Å². The maximum absolute atomic E-state index is 12.6. The van der Waals surface area contributed by atoms with E-state index in [-0.39, 0.29) is 18.4 Å². The standard InChI is InChI=1S/C22H23N3O2S/c1-24(22(27)17-7-3-2-4-8-17)15-20(26)25-13-11-16(12-14-25)21-23-18-9-5-6-10-19(18)28-21/h2-10,16H,11-15H2,1H3. The quantitative estimate of drug-likeness (QED) is 0.678. The van der Waals surface area contributed by atoms with Gasteiger partial charge >= 0.3 is 0 Å². The number of hydrogen-bond donors (Lipinski definition) is 0. The number of amides is 2. The van der Waals surface area contributed by atoms with Crippen molar-refractivity contribution in [1.82, 2.24) is 14.8 Å². The van der Waals surface area contributed by atoms with Gasteiger partial charge in [-0.05, 0) is 37.1 Å². The normalized spacial score (nSPS) is 15.0. The molecule has 0 aliphatic carbocycles. The number of piperidine rings is 1. The third-order valence-corrected chi connectivity index (χ3v) is 6.45. The van der Waals surface area contributed by atoms with Crippen molar-refractivity contribution in [1.29, 1.82) is 0 Å². The summed E-state index contributed by atoms with van der Waals surface area (Å²) in [5.41, 5.74) is 1.66. The second-order valence-electron chi connectivity index (χ2n) is 7.20. The van der Waals surface area contributed by atoms with Gasteiger partial charge in [-0.15, -0.1) is 11.3 Å². The predicted molar refractivity (Wildman–Crippen MR) is 112 cm³/mol. The molecular weight excluding hydrogens is 370 g/mol. The van der Waals surface area contributed by atoms with Crippen LogP contribution in [0.4, 0.5) is 0 Å². The lowest BCUT2D eigenvalue weighted by Gasteiger charge is -2.32. The van der Waals surface area contributed by atoms with E-state index in [1.54, 1.807) is 30.5 Å². The summed E-state index contributed by atoms with van der Waals surface area (Å²) in [5, 5.41) is 1.17. The van der Waals surface area contributed by atoms with Crippen LogP contribution in [-0.4, -0.2) is 53.3 Å². The summed E-state index contributed by atoms with van der Waals surface area (Å²) in [6, 6.07) is 17.3. The van der Waals surface area contributed by atoms with E-state index in [1.165, 1.54) is 14.6 Å². The monoisotopic (exact) mass is 393 g/mol. The summed E-state index contributed by atoms with van der Waals surface area (Å²) in [6.45, 7) is 1.54. The van der Waals surface area contributed by atoms with Crippen molar-refractivity contribution in [3.63, 3.8) is 0 Å². The van der Waals surface area contributed by atoms with Gasteiger partial charge in [0.15, 0.2) is 0 Å². The first-order valence-corrected chi connectivity index (χ1v) is 10.4. The minimum absolute atomic E-state index is 0.00883. The Bertz CT molecular complexity index is 945. The largest absolute Gasteiger partial charge is 0.341 e. The van der Waals surface area contributed by atoms with Crippen LogP contribution in [0.15, 0.2) is 54.6 Å². The first-order valence-electron chi connectivity index (χ1n) is 9.55. The van der Waals surface area contributed by atoms with Gasteiger partial charge in [0.25, 0.3) is 5.91 Å². The van der Waals surface area contributed by atoms with E-state index in [2.05, 4.69) is 6.07 Å². The molecule has 144 valence electrons. The lowest BCUT2D eigenvalue weighted by Crippen LogP contribution is -2.44. The summed E-state index contributed by atoms with van der Waals surface area (Å²) >= 11 is 1.76. The molecule has 0 saturated carbocycles. The van der Waals surface area contributed by atoms with Crippen molar-refractivity contribution < 1.29 is 9.59 Å². The fourth-order valence-electron chi connectivity index (χ4n) is 3.62. The van der Waals surface area contributed by atoms with Gasteiger partial charge in [-0.25, -0.2) is 4.98 Å². The molecule has 1 aromatic heterocycles. The van der Waals surface area contributed by atoms with Crippen molar-refractivity contribution in [2.75, 3.05) is 26.7 Å². The summed E-state index contributed by atoms with van der Waals surface area (Å²) in [7, 11) is 1.68. The molecule has 3 aromatic rings. The molecule has 1 saturated heterocycles. The Kier molecular flexibility index (Phi) is 5.39. The highest BCUT2D eigenvalue weighted by atomic mass is 32.1. The number of hydrogen-bond acceptors (Lipinski definition) is 4. The Balaban J connectivity index is 1.33. The molecule has 0 bridgehead atoms. The van der Waals surface area contributed by atoms with E-state index in [9.17, 15) is 9.59 Å². The highest BCUT2D eigenvalue weighted by Gasteiger charge is 2.27. The molecule has 0 unspecified atom stereocenters. The molecule has 2 heterocycles. The van der Waals surface area contributed by atoms with Crippen LogP contribution in [-0.2, 0) is 4.79 Å². The summed E-state index contributed by atoms with van der Waals surface area (Å²) in [6.07, 6.45) is 1.84. The summed E-state index contributed by atoms with van der Waals surface area (Å²) < 4.78 is 1.22. The fourth-order valence-corrected chi connectivity index (χ4v) is 4.75. The zero-order valence-electron chi connectivity index (χ0n) is 15.9.